The van der Waals surface area contributed by atoms with Crippen LogP contribution in [0.3, 0.4) is 0 Å². The van der Waals surface area contributed by atoms with Crippen LogP contribution in [0.2, 0.25) is 0 Å². The van der Waals surface area contributed by atoms with Crippen molar-refractivity contribution < 1.29 is 8.78 Å². The smallest absolute Gasteiger partial charge is 0.153 e. The van der Waals surface area contributed by atoms with E-state index >= 15 is 0 Å². The third-order valence-electron chi connectivity index (χ3n) is 2.53. The number of nitrogens with two attached hydrogens (primary N) is 1. The monoisotopic (exact) mass is 199 g/mol. The fourth-order valence-corrected chi connectivity index (χ4v) is 1.45. The van der Waals surface area contributed by atoms with Crippen LogP contribution in [-0.4, -0.2) is 6.54 Å². The summed E-state index contributed by atoms with van der Waals surface area (Å²) in [6, 6.07) is 5.85. The van der Waals surface area contributed by atoms with Crippen molar-refractivity contribution in [2.45, 2.75) is 19.5 Å². The van der Waals surface area contributed by atoms with Crippen molar-refractivity contribution in [3.63, 3.8) is 0 Å². The van der Waals surface area contributed by atoms with E-state index in [1.807, 2.05) is 0 Å². The minimum Gasteiger partial charge on any atom is -0.327 e. The van der Waals surface area contributed by atoms with Gasteiger partial charge in [-0.05, 0) is 12.0 Å². The summed E-state index contributed by atoms with van der Waals surface area (Å²) in [6.07, 6.45) is 0. The SMILES string of the molecule is CC(C)C(F)(CN)c1ccccc1F. The van der Waals surface area contributed by atoms with Gasteiger partial charge >= 0.3 is 0 Å². The third kappa shape index (κ3) is 1.77. The van der Waals surface area contributed by atoms with Crippen molar-refractivity contribution in [2.75, 3.05) is 6.54 Å². The molecule has 0 fully saturated rings. The van der Waals surface area contributed by atoms with Gasteiger partial charge in [0.1, 0.15) is 5.82 Å². The maximum Gasteiger partial charge on any atom is 0.153 e. The summed E-state index contributed by atoms with van der Waals surface area (Å²) in [7, 11) is 0. The third-order valence-corrected chi connectivity index (χ3v) is 2.53. The molecule has 0 spiro atoms. The van der Waals surface area contributed by atoms with Gasteiger partial charge < -0.3 is 5.73 Å². The molecule has 2 N–H and O–H groups in total. The second-order valence-corrected chi connectivity index (χ2v) is 3.70. The molecule has 0 saturated carbocycles. The van der Waals surface area contributed by atoms with Crippen LogP contribution in [-0.2, 0) is 5.67 Å². The average molecular weight is 199 g/mol. The molecule has 14 heavy (non-hydrogen) atoms. The van der Waals surface area contributed by atoms with E-state index in [1.54, 1.807) is 19.9 Å². The molecule has 3 heteroatoms. The molecule has 1 nitrogen and oxygen atoms in total. The highest BCUT2D eigenvalue weighted by molar-refractivity contribution is 5.25. The zero-order chi connectivity index (χ0) is 10.8. The molecule has 78 valence electrons. The van der Waals surface area contributed by atoms with Crippen LogP contribution in [0.5, 0.6) is 0 Å². The van der Waals surface area contributed by atoms with E-state index in [9.17, 15) is 8.78 Å². The second-order valence-electron chi connectivity index (χ2n) is 3.70. The second kappa shape index (κ2) is 4.05. The Morgan fingerprint density at radius 2 is 1.93 bits per heavy atom. The topological polar surface area (TPSA) is 26.0 Å². The van der Waals surface area contributed by atoms with E-state index in [2.05, 4.69) is 0 Å². The first kappa shape index (κ1) is 11.1. The summed E-state index contributed by atoms with van der Waals surface area (Å²) in [5, 5.41) is 0. The molecular weight excluding hydrogens is 184 g/mol. The van der Waals surface area contributed by atoms with Gasteiger partial charge in [0.25, 0.3) is 0 Å². The molecule has 0 aliphatic heterocycles. The lowest BCUT2D eigenvalue weighted by atomic mass is 9.85. The Labute approximate surface area is 82.9 Å². The Morgan fingerprint density at radius 1 is 1.36 bits per heavy atom. The number of hydrogen-bond donors (Lipinski definition) is 1. The fourth-order valence-electron chi connectivity index (χ4n) is 1.45. The summed E-state index contributed by atoms with van der Waals surface area (Å²) >= 11 is 0. The fraction of sp³-hybridized carbons (Fsp3) is 0.455. The molecule has 0 aliphatic rings. The van der Waals surface area contributed by atoms with Gasteiger partial charge in [0.15, 0.2) is 5.67 Å². The molecule has 1 aromatic carbocycles. The van der Waals surface area contributed by atoms with Gasteiger partial charge in [-0.2, -0.15) is 0 Å². The highest BCUT2D eigenvalue weighted by Crippen LogP contribution is 2.34. The molecule has 0 heterocycles. The van der Waals surface area contributed by atoms with Crippen LogP contribution < -0.4 is 5.73 Å². The molecule has 1 aromatic rings. The number of alkyl halides is 1. The van der Waals surface area contributed by atoms with E-state index in [1.165, 1.54) is 18.2 Å². The minimum absolute atomic E-state index is 0.0532. The Balaban J connectivity index is 3.19. The maximum absolute atomic E-state index is 14.3. The highest BCUT2D eigenvalue weighted by atomic mass is 19.1. The van der Waals surface area contributed by atoms with Crippen molar-refractivity contribution in [1.82, 2.24) is 0 Å². The van der Waals surface area contributed by atoms with Crippen LogP contribution in [0.25, 0.3) is 0 Å². The molecule has 0 aliphatic carbocycles. The number of benzene rings is 1. The minimum atomic E-state index is -1.77. The molecule has 0 amide bonds. The van der Waals surface area contributed by atoms with Gasteiger partial charge in [0.05, 0.1) is 0 Å². The Hall–Kier alpha value is -0.960. The lowest BCUT2D eigenvalue weighted by Crippen LogP contribution is -2.36. The number of halogens is 2. The zero-order valence-electron chi connectivity index (χ0n) is 8.43. The standard InChI is InChI=1S/C11H15F2N/c1-8(2)11(13,7-14)9-5-3-4-6-10(9)12/h3-6,8H,7,14H2,1-2H3. The predicted molar refractivity (Wildman–Crippen MR) is 53.1 cm³/mol. The van der Waals surface area contributed by atoms with Crippen LogP contribution in [0.15, 0.2) is 24.3 Å². The van der Waals surface area contributed by atoms with Gasteiger partial charge in [0.2, 0.25) is 0 Å². The first-order valence-corrected chi connectivity index (χ1v) is 4.66. The van der Waals surface area contributed by atoms with Crippen molar-refractivity contribution >= 4 is 0 Å². The normalized spacial score (nSPS) is 15.6. The van der Waals surface area contributed by atoms with Gasteiger partial charge in [0, 0.05) is 12.1 Å². The van der Waals surface area contributed by atoms with Crippen molar-refractivity contribution in [1.29, 1.82) is 0 Å². The van der Waals surface area contributed by atoms with Crippen molar-refractivity contribution in [3.05, 3.63) is 35.6 Å². The van der Waals surface area contributed by atoms with Gasteiger partial charge in [-0.25, -0.2) is 8.78 Å². The maximum atomic E-state index is 14.3. The first-order chi connectivity index (χ1) is 6.52. The molecule has 1 unspecified atom stereocenters. The summed E-state index contributed by atoms with van der Waals surface area (Å²) in [6.45, 7) is 3.18. The van der Waals surface area contributed by atoms with E-state index in [-0.39, 0.29) is 18.0 Å². The molecular formula is C11H15F2N. The van der Waals surface area contributed by atoms with Crippen LogP contribution in [0.4, 0.5) is 8.78 Å². The molecule has 1 atom stereocenters. The Morgan fingerprint density at radius 3 is 2.36 bits per heavy atom. The highest BCUT2D eigenvalue weighted by Gasteiger charge is 2.36. The molecule has 0 radical (unpaired) electrons. The number of rotatable bonds is 3. The van der Waals surface area contributed by atoms with E-state index in [0.717, 1.165) is 0 Å². The van der Waals surface area contributed by atoms with Crippen LogP contribution >= 0.6 is 0 Å². The molecule has 1 rings (SSSR count). The first-order valence-electron chi connectivity index (χ1n) is 4.66. The predicted octanol–water partition coefficient (Wildman–Crippen LogP) is 2.61. The average Bonchev–Trinajstić information content (AvgIpc) is 2.17. The summed E-state index contributed by atoms with van der Waals surface area (Å²) in [4.78, 5) is 0. The largest absolute Gasteiger partial charge is 0.327 e. The summed E-state index contributed by atoms with van der Waals surface area (Å²) < 4.78 is 27.6. The Kier molecular flexibility index (Phi) is 3.21. The van der Waals surface area contributed by atoms with Gasteiger partial charge in [-0.3, -0.25) is 0 Å². The van der Waals surface area contributed by atoms with Crippen LogP contribution in [0, 0.1) is 11.7 Å². The zero-order valence-corrected chi connectivity index (χ0v) is 8.43. The van der Waals surface area contributed by atoms with Gasteiger partial charge in [-0.1, -0.05) is 32.0 Å². The van der Waals surface area contributed by atoms with Crippen molar-refractivity contribution in [3.8, 4) is 0 Å². The lowest BCUT2D eigenvalue weighted by Gasteiger charge is -2.28. The molecule has 0 saturated heterocycles. The van der Waals surface area contributed by atoms with Crippen molar-refractivity contribution in [2.24, 2.45) is 11.7 Å². The van der Waals surface area contributed by atoms with E-state index in [0.29, 0.717) is 0 Å². The quantitative estimate of drug-likeness (QED) is 0.795. The van der Waals surface area contributed by atoms with E-state index < -0.39 is 11.5 Å². The summed E-state index contributed by atoms with van der Waals surface area (Å²) in [5.41, 5.74) is 3.65. The van der Waals surface area contributed by atoms with Gasteiger partial charge in [-0.15, -0.1) is 0 Å². The van der Waals surface area contributed by atoms with E-state index in [4.69, 9.17) is 5.73 Å². The molecule has 0 bridgehead atoms. The molecule has 0 aromatic heterocycles. The lowest BCUT2D eigenvalue weighted by molar-refractivity contribution is 0.104. The Bertz CT molecular complexity index is 312. The van der Waals surface area contributed by atoms with Crippen LogP contribution in [0.1, 0.15) is 19.4 Å². The summed E-state index contributed by atoms with van der Waals surface area (Å²) in [5.74, 6) is -0.876. The number of hydrogen-bond acceptors (Lipinski definition) is 1.